The van der Waals surface area contributed by atoms with Crippen LogP contribution in [-0.4, -0.2) is 67.4 Å². The normalized spacial score (nSPS) is 14.1. The van der Waals surface area contributed by atoms with E-state index in [-0.39, 0.29) is 24.3 Å². The molecule has 1 aliphatic rings. The topological polar surface area (TPSA) is 91.0 Å². The second-order valence-electron chi connectivity index (χ2n) is 7.49. The highest BCUT2D eigenvalue weighted by Crippen LogP contribution is 2.15. The first-order chi connectivity index (χ1) is 14.9. The van der Waals surface area contributed by atoms with E-state index in [4.69, 9.17) is 4.74 Å². The Hall–Kier alpha value is -3.39. The van der Waals surface area contributed by atoms with E-state index < -0.39 is 0 Å². The predicted molar refractivity (Wildman–Crippen MR) is 119 cm³/mol. The van der Waals surface area contributed by atoms with E-state index in [2.05, 4.69) is 10.6 Å². The average Bonchev–Trinajstić information content (AvgIpc) is 2.75. The largest absolute Gasteiger partial charge is 0.497 e. The van der Waals surface area contributed by atoms with Crippen LogP contribution < -0.4 is 15.4 Å². The van der Waals surface area contributed by atoms with Crippen LogP contribution in [0.3, 0.4) is 0 Å². The van der Waals surface area contributed by atoms with Gasteiger partial charge in [0.2, 0.25) is 17.7 Å². The van der Waals surface area contributed by atoms with Crippen molar-refractivity contribution >= 4 is 29.1 Å². The number of hydrogen-bond donors (Lipinski definition) is 2. The Balaban J connectivity index is 1.42. The van der Waals surface area contributed by atoms with Gasteiger partial charge in [0.1, 0.15) is 5.75 Å². The highest BCUT2D eigenvalue weighted by atomic mass is 16.5. The summed E-state index contributed by atoms with van der Waals surface area (Å²) < 4.78 is 5.21. The summed E-state index contributed by atoms with van der Waals surface area (Å²) in [5, 5.41) is 5.55. The third-order valence-corrected chi connectivity index (χ3v) is 5.07. The SMILES string of the molecule is COc1cccc(CC(=O)N2CCN(CC(=O)Nc3ccc(NC(C)=O)cc3)CC2)c1. The van der Waals surface area contributed by atoms with Crippen molar-refractivity contribution in [1.82, 2.24) is 9.80 Å². The predicted octanol–water partition coefficient (Wildman–Crippen LogP) is 1.98. The van der Waals surface area contributed by atoms with Gasteiger partial charge in [0, 0.05) is 44.5 Å². The van der Waals surface area contributed by atoms with E-state index in [1.165, 1.54) is 6.92 Å². The molecule has 0 aromatic heterocycles. The first-order valence-electron chi connectivity index (χ1n) is 10.2. The lowest BCUT2D eigenvalue weighted by atomic mass is 10.1. The van der Waals surface area contributed by atoms with Crippen LogP contribution in [0.15, 0.2) is 48.5 Å². The summed E-state index contributed by atoms with van der Waals surface area (Å²) >= 11 is 0. The Morgan fingerprint density at radius 3 is 2.19 bits per heavy atom. The lowest BCUT2D eigenvalue weighted by molar-refractivity contribution is -0.132. The molecule has 0 atom stereocenters. The maximum Gasteiger partial charge on any atom is 0.238 e. The molecule has 1 heterocycles. The van der Waals surface area contributed by atoms with Gasteiger partial charge in [-0.3, -0.25) is 19.3 Å². The maximum atomic E-state index is 12.6. The van der Waals surface area contributed by atoms with E-state index in [1.807, 2.05) is 34.1 Å². The van der Waals surface area contributed by atoms with Crippen molar-refractivity contribution in [3.05, 3.63) is 54.1 Å². The van der Waals surface area contributed by atoms with Crippen molar-refractivity contribution in [1.29, 1.82) is 0 Å². The van der Waals surface area contributed by atoms with Crippen LogP contribution >= 0.6 is 0 Å². The molecule has 0 unspecified atom stereocenters. The smallest absolute Gasteiger partial charge is 0.238 e. The molecule has 2 aromatic carbocycles. The van der Waals surface area contributed by atoms with Crippen LogP contribution in [0.25, 0.3) is 0 Å². The number of carbonyl (C=O) groups excluding carboxylic acids is 3. The molecule has 8 nitrogen and oxygen atoms in total. The lowest BCUT2D eigenvalue weighted by Crippen LogP contribution is -2.50. The van der Waals surface area contributed by atoms with Crippen LogP contribution in [0.5, 0.6) is 5.75 Å². The molecule has 3 amide bonds. The number of methoxy groups -OCH3 is 1. The molecule has 0 saturated carbocycles. The number of rotatable bonds is 7. The molecular weight excluding hydrogens is 396 g/mol. The Morgan fingerprint density at radius 2 is 1.58 bits per heavy atom. The second kappa shape index (κ2) is 10.6. The van der Waals surface area contributed by atoms with Gasteiger partial charge in [0.05, 0.1) is 20.1 Å². The number of carbonyl (C=O) groups is 3. The number of piperazine rings is 1. The van der Waals surface area contributed by atoms with Gasteiger partial charge in [-0.05, 0) is 42.0 Å². The molecule has 31 heavy (non-hydrogen) atoms. The fraction of sp³-hybridized carbons (Fsp3) is 0.348. The van der Waals surface area contributed by atoms with Crippen molar-refractivity contribution in [2.75, 3.05) is 50.5 Å². The summed E-state index contributed by atoms with van der Waals surface area (Å²) in [6.45, 7) is 4.22. The number of anilines is 2. The zero-order valence-electron chi connectivity index (χ0n) is 17.9. The summed E-state index contributed by atoms with van der Waals surface area (Å²) in [6.07, 6.45) is 0.339. The van der Waals surface area contributed by atoms with Gasteiger partial charge in [-0.1, -0.05) is 12.1 Å². The quantitative estimate of drug-likeness (QED) is 0.709. The van der Waals surface area contributed by atoms with Crippen LogP contribution in [0.1, 0.15) is 12.5 Å². The fourth-order valence-electron chi connectivity index (χ4n) is 3.47. The first-order valence-corrected chi connectivity index (χ1v) is 10.2. The molecule has 0 aliphatic carbocycles. The van der Waals surface area contributed by atoms with Crippen LogP contribution in [-0.2, 0) is 20.8 Å². The second-order valence-corrected chi connectivity index (χ2v) is 7.49. The van der Waals surface area contributed by atoms with Gasteiger partial charge in [-0.25, -0.2) is 0 Å². The van der Waals surface area contributed by atoms with E-state index in [1.54, 1.807) is 31.4 Å². The van der Waals surface area contributed by atoms with Gasteiger partial charge < -0.3 is 20.3 Å². The van der Waals surface area contributed by atoms with E-state index in [9.17, 15) is 14.4 Å². The van der Waals surface area contributed by atoms with Crippen molar-refractivity contribution in [3.63, 3.8) is 0 Å². The van der Waals surface area contributed by atoms with Gasteiger partial charge in [0.15, 0.2) is 0 Å². The molecule has 0 radical (unpaired) electrons. The lowest BCUT2D eigenvalue weighted by Gasteiger charge is -2.34. The number of ether oxygens (including phenoxy) is 1. The molecule has 1 saturated heterocycles. The Morgan fingerprint density at radius 1 is 0.935 bits per heavy atom. The number of nitrogens with one attached hydrogen (secondary N) is 2. The number of hydrogen-bond acceptors (Lipinski definition) is 5. The summed E-state index contributed by atoms with van der Waals surface area (Å²) in [6, 6.07) is 14.5. The Bertz CT molecular complexity index is 921. The molecule has 2 N–H and O–H groups in total. The molecule has 8 heteroatoms. The molecule has 1 fully saturated rings. The van der Waals surface area contributed by atoms with Gasteiger partial charge in [0.25, 0.3) is 0 Å². The monoisotopic (exact) mass is 424 g/mol. The summed E-state index contributed by atoms with van der Waals surface area (Å²) in [4.78, 5) is 39.9. The standard InChI is InChI=1S/C23H28N4O4/c1-17(28)24-19-6-8-20(9-7-19)25-22(29)16-26-10-12-27(13-11-26)23(30)15-18-4-3-5-21(14-18)31-2/h3-9,14H,10-13,15-16H2,1-2H3,(H,24,28)(H,25,29). The zero-order valence-corrected chi connectivity index (χ0v) is 17.9. The molecule has 164 valence electrons. The van der Waals surface area contributed by atoms with Gasteiger partial charge in [-0.15, -0.1) is 0 Å². The van der Waals surface area contributed by atoms with Gasteiger partial charge >= 0.3 is 0 Å². The molecular formula is C23H28N4O4. The third-order valence-electron chi connectivity index (χ3n) is 5.07. The van der Waals surface area contributed by atoms with Crippen LogP contribution in [0.2, 0.25) is 0 Å². The average molecular weight is 425 g/mol. The molecule has 2 aromatic rings. The minimum absolute atomic E-state index is 0.0802. The fourth-order valence-corrected chi connectivity index (χ4v) is 3.47. The zero-order chi connectivity index (χ0) is 22.2. The number of amides is 3. The summed E-state index contributed by atoms with van der Waals surface area (Å²) in [7, 11) is 1.61. The van der Waals surface area contributed by atoms with Crippen LogP contribution in [0, 0.1) is 0 Å². The number of benzene rings is 2. The van der Waals surface area contributed by atoms with E-state index >= 15 is 0 Å². The van der Waals surface area contributed by atoms with Gasteiger partial charge in [-0.2, -0.15) is 0 Å². The highest BCUT2D eigenvalue weighted by molar-refractivity contribution is 5.93. The van der Waals surface area contributed by atoms with Crippen LogP contribution in [0.4, 0.5) is 11.4 Å². The third kappa shape index (κ3) is 6.82. The summed E-state index contributed by atoms with van der Waals surface area (Å²) in [5.74, 6) is 0.573. The maximum absolute atomic E-state index is 12.6. The Kier molecular flexibility index (Phi) is 7.61. The minimum atomic E-state index is -0.141. The summed E-state index contributed by atoms with van der Waals surface area (Å²) in [5.41, 5.74) is 2.28. The molecule has 3 rings (SSSR count). The molecule has 1 aliphatic heterocycles. The molecule has 0 spiro atoms. The van der Waals surface area contributed by atoms with Crippen molar-refractivity contribution in [3.8, 4) is 5.75 Å². The van der Waals surface area contributed by atoms with E-state index in [0.29, 0.717) is 44.0 Å². The van der Waals surface area contributed by atoms with Crippen molar-refractivity contribution in [2.24, 2.45) is 0 Å². The Labute approximate surface area is 182 Å². The van der Waals surface area contributed by atoms with Crippen molar-refractivity contribution < 1.29 is 19.1 Å². The minimum Gasteiger partial charge on any atom is -0.497 e. The van der Waals surface area contributed by atoms with E-state index in [0.717, 1.165) is 11.3 Å². The highest BCUT2D eigenvalue weighted by Gasteiger charge is 2.22. The number of nitrogens with zero attached hydrogens (tertiary/aromatic N) is 2. The van der Waals surface area contributed by atoms with Crippen molar-refractivity contribution in [2.45, 2.75) is 13.3 Å². The molecule has 0 bridgehead atoms. The first kappa shape index (κ1) is 22.3.